The molecule has 1 saturated heterocycles. The minimum absolute atomic E-state index is 0. The summed E-state index contributed by atoms with van der Waals surface area (Å²) >= 11 is 1.76. The van der Waals surface area contributed by atoms with Gasteiger partial charge in [-0.2, -0.15) is 0 Å². The Morgan fingerprint density at radius 2 is 2.57 bits per heavy atom. The Morgan fingerprint density at radius 1 is 1.86 bits per heavy atom. The third-order valence-corrected chi connectivity index (χ3v) is 2.88. The van der Waals surface area contributed by atoms with E-state index in [4.69, 9.17) is 0 Å². The molecular weight excluding hydrogens is 220 g/mol. The van der Waals surface area contributed by atoms with Gasteiger partial charge in [0.1, 0.15) is 0 Å². The topological polar surface area (TPSA) is 41.1 Å². The highest BCUT2D eigenvalue weighted by molar-refractivity contribution is 7.99. The Labute approximate surface area is 95.5 Å². The van der Waals surface area contributed by atoms with Crippen LogP contribution in [0.4, 0.5) is 0 Å². The smallest absolute Gasteiger partial charge is 0.238 e. The molecule has 3 nitrogen and oxygen atoms in total. The molecule has 0 bridgehead atoms. The average molecular weight is 237 g/mol. The first kappa shape index (κ1) is 13.8. The van der Waals surface area contributed by atoms with E-state index in [0.717, 1.165) is 18.1 Å². The number of hydrogen-bond acceptors (Lipinski definition) is 3. The predicted molar refractivity (Wildman–Crippen MR) is 63.9 cm³/mol. The molecule has 14 heavy (non-hydrogen) atoms. The van der Waals surface area contributed by atoms with Crippen LogP contribution in [0.5, 0.6) is 0 Å². The molecule has 1 aliphatic heterocycles. The fourth-order valence-corrected chi connectivity index (χ4v) is 2.16. The minimum Gasteiger partial charge on any atom is -0.352 e. The largest absolute Gasteiger partial charge is 0.352 e. The molecule has 1 unspecified atom stereocenters. The zero-order chi connectivity index (χ0) is 9.68. The summed E-state index contributed by atoms with van der Waals surface area (Å²) in [7, 11) is 0. The predicted octanol–water partition coefficient (Wildman–Crippen LogP) is 1.15. The van der Waals surface area contributed by atoms with Crippen LogP contribution in [0.1, 0.15) is 13.3 Å². The van der Waals surface area contributed by atoms with Crippen LogP contribution >= 0.6 is 24.2 Å². The van der Waals surface area contributed by atoms with Crippen molar-refractivity contribution in [3.05, 3.63) is 12.7 Å². The first-order valence-electron chi connectivity index (χ1n) is 4.46. The molecular formula is C9H17ClN2OS. The molecule has 0 saturated carbocycles. The third kappa shape index (κ3) is 4.35. The van der Waals surface area contributed by atoms with Gasteiger partial charge in [-0.05, 0) is 13.3 Å². The summed E-state index contributed by atoms with van der Waals surface area (Å²) in [5.41, 5.74) is 0. The van der Waals surface area contributed by atoms with E-state index in [9.17, 15) is 4.79 Å². The Bertz CT molecular complexity index is 195. The van der Waals surface area contributed by atoms with Crippen molar-refractivity contribution < 1.29 is 4.79 Å². The van der Waals surface area contributed by atoms with Crippen molar-refractivity contribution in [1.82, 2.24) is 10.6 Å². The lowest BCUT2D eigenvalue weighted by Gasteiger charge is -2.15. The number of hydrogen-bond donors (Lipinski definition) is 2. The van der Waals surface area contributed by atoms with Gasteiger partial charge in [0, 0.05) is 17.7 Å². The number of carbonyl (C=O) groups excluding carboxylic acids is 1. The quantitative estimate of drug-likeness (QED) is 0.720. The highest BCUT2D eigenvalue weighted by Crippen LogP contribution is 2.09. The number of thioether (sulfide) groups is 1. The van der Waals surface area contributed by atoms with E-state index >= 15 is 0 Å². The molecule has 1 heterocycles. The van der Waals surface area contributed by atoms with Gasteiger partial charge in [-0.3, -0.25) is 10.1 Å². The van der Waals surface area contributed by atoms with Crippen molar-refractivity contribution >= 4 is 30.1 Å². The van der Waals surface area contributed by atoms with Crippen LogP contribution in [0.3, 0.4) is 0 Å². The molecule has 5 heteroatoms. The fourth-order valence-electron chi connectivity index (χ4n) is 1.22. The van der Waals surface area contributed by atoms with Crippen LogP contribution in [0.15, 0.2) is 12.7 Å². The van der Waals surface area contributed by atoms with Crippen molar-refractivity contribution in [3.63, 3.8) is 0 Å². The van der Waals surface area contributed by atoms with E-state index < -0.39 is 0 Å². The Kier molecular flexibility index (Phi) is 7.05. The van der Waals surface area contributed by atoms with E-state index in [-0.39, 0.29) is 30.4 Å². The number of rotatable bonds is 4. The molecule has 0 aromatic heterocycles. The molecule has 0 aromatic rings. The minimum atomic E-state index is -0.00253. The highest BCUT2D eigenvalue weighted by Gasteiger charge is 2.22. The lowest BCUT2D eigenvalue weighted by Crippen LogP contribution is -2.45. The fraction of sp³-hybridized carbons (Fsp3) is 0.667. The maximum absolute atomic E-state index is 11.5. The van der Waals surface area contributed by atoms with Gasteiger partial charge < -0.3 is 5.32 Å². The summed E-state index contributed by atoms with van der Waals surface area (Å²) in [5, 5.41) is 6.07. The van der Waals surface area contributed by atoms with Gasteiger partial charge in [0.05, 0.1) is 6.04 Å². The van der Waals surface area contributed by atoms with E-state index in [1.54, 1.807) is 11.8 Å². The van der Waals surface area contributed by atoms with Crippen molar-refractivity contribution in [2.24, 2.45) is 0 Å². The Hall–Kier alpha value is -0.190. The second-order valence-corrected chi connectivity index (χ2v) is 4.24. The summed E-state index contributed by atoms with van der Waals surface area (Å²) in [5.74, 6) is 1.87. The third-order valence-electron chi connectivity index (χ3n) is 1.94. The SMILES string of the molecule is C=CCC(C)NC(=O)[C@H]1CSCN1.Cl. The Morgan fingerprint density at radius 3 is 3.07 bits per heavy atom. The van der Waals surface area contributed by atoms with Gasteiger partial charge in [0.15, 0.2) is 0 Å². The van der Waals surface area contributed by atoms with Crippen molar-refractivity contribution in [2.75, 3.05) is 11.6 Å². The van der Waals surface area contributed by atoms with Crippen LogP contribution in [-0.2, 0) is 4.79 Å². The highest BCUT2D eigenvalue weighted by atomic mass is 35.5. The van der Waals surface area contributed by atoms with Crippen LogP contribution in [0, 0.1) is 0 Å². The van der Waals surface area contributed by atoms with Crippen LogP contribution in [-0.4, -0.2) is 29.6 Å². The molecule has 1 rings (SSSR count). The second-order valence-electron chi connectivity index (χ2n) is 3.21. The standard InChI is InChI=1S/C9H16N2OS.ClH/c1-3-4-7(2)11-9(12)8-5-13-6-10-8;/h3,7-8,10H,1,4-6H2,2H3,(H,11,12);1H/t7?,8-;/m1./s1. The monoisotopic (exact) mass is 236 g/mol. The van der Waals surface area contributed by atoms with E-state index in [0.29, 0.717) is 0 Å². The molecule has 2 N–H and O–H groups in total. The summed E-state index contributed by atoms with van der Waals surface area (Å²) in [4.78, 5) is 11.5. The zero-order valence-electron chi connectivity index (χ0n) is 8.29. The number of carbonyl (C=O) groups is 1. The maximum atomic E-state index is 11.5. The molecule has 1 aliphatic rings. The lowest BCUT2D eigenvalue weighted by atomic mass is 10.2. The molecule has 0 spiro atoms. The lowest BCUT2D eigenvalue weighted by molar-refractivity contribution is -0.122. The van der Waals surface area contributed by atoms with Crippen molar-refractivity contribution in [3.8, 4) is 0 Å². The molecule has 2 atom stereocenters. The van der Waals surface area contributed by atoms with Gasteiger partial charge in [0.25, 0.3) is 0 Å². The zero-order valence-corrected chi connectivity index (χ0v) is 9.92. The van der Waals surface area contributed by atoms with Crippen LogP contribution in [0.25, 0.3) is 0 Å². The summed E-state index contributed by atoms with van der Waals surface area (Å²) in [6.45, 7) is 5.62. The summed E-state index contributed by atoms with van der Waals surface area (Å²) in [6.07, 6.45) is 2.65. The molecule has 0 aromatic carbocycles. The van der Waals surface area contributed by atoms with Gasteiger partial charge in [0.2, 0.25) is 5.91 Å². The second kappa shape index (κ2) is 7.15. The van der Waals surface area contributed by atoms with Gasteiger partial charge >= 0.3 is 0 Å². The summed E-state index contributed by atoms with van der Waals surface area (Å²) in [6, 6.07) is 0.190. The van der Waals surface area contributed by atoms with Gasteiger partial charge in [-0.1, -0.05) is 6.08 Å². The molecule has 1 fully saturated rings. The van der Waals surface area contributed by atoms with Crippen molar-refractivity contribution in [1.29, 1.82) is 0 Å². The van der Waals surface area contributed by atoms with E-state index in [1.165, 1.54) is 0 Å². The molecule has 82 valence electrons. The summed E-state index contributed by atoms with van der Waals surface area (Å²) < 4.78 is 0. The molecule has 0 aliphatic carbocycles. The molecule has 1 amide bonds. The van der Waals surface area contributed by atoms with E-state index in [2.05, 4.69) is 17.2 Å². The maximum Gasteiger partial charge on any atom is 0.238 e. The molecule has 0 radical (unpaired) electrons. The van der Waals surface area contributed by atoms with Crippen LogP contribution < -0.4 is 10.6 Å². The van der Waals surface area contributed by atoms with Gasteiger partial charge in [-0.15, -0.1) is 30.7 Å². The first-order chi connectivity index (χ1) is 6.24. The van der Waals surface area contributed by atoms with Crippen molar-refractivity contribution in [2.45, 2.75) is 25.4 Å². The number of amides is 1. The van der Waals surface area contributed by atoms with Gasteiger partial charge in [-0.25, -0.2) is 0 Å². The Balaban J connectivity index is 0.00000169. The number of nitrogens with one attached hydrogen (secondary N) is 2. The average Bonchev–Trinajstić information content (AvgIpc) is 2.55. The first-order valence-corrected chi connectivity index (χ1v) is 5.62. The van der Waals surface area contributed by atoms with Crippen LogP contribution in [0.2, 0.25) is 0 Å². The van der Waals surface area contributed by atoms with E-state index in [1.807, 2.05) is 13.0 Å². The number of halogens is 1. The normalized spacial score (nSPS) is 22.2.